The zero-order valence-corrected chi connectivity index (χ0v) is 22.5. The second kappa shape index (κ2) is 9.73. The van der Waals surface area contributed by atoms with Gasteiger partial charge >= 0.3 is 0 Å². The Morgan fingerprint density at radius 3 is 2.90 bits per heavy atom. The zero-order chi connectivity index (χ0) is 26.6. The Bertz CT molecular complexity index is 1370. The molecule has 0 bridgehead atoms. The molecule has 8 heteroatoms. The lowest BCUT2D eigenvalue weighted by Crippen LogP contribution is -2.44. The third kappa shape index (κ3) is 4.15. The first-order valence-corrected chi connectivity index (χ1v) is 14.4. The molecule has 3 heterocycles. The van der Waals surface area contributed by atoms with E-state index in [4.69, 9.17) is 9.84 Å². The summed E-state index contributed by atoms with van der Waals surface area (Å²) in [4.78, 5) is 19.8. The van der Waals surface area contributed by atoms with Crippen LogP contribution in [0.4, 0.5) is 15.9 Å². The topological polar surface area (TPSA) is 83.1 Å². The number of nitrogens with one attached hydrogen (secondary N) is 2. The van der Waals surface area contributed by atoms with E-state index in [-0.39, 0.29) is 23.1 Å². The van der Waals surface area contributed by atoms with Crippen molar-refractivity contribution in [1.29, 1.82) is 0 Å². The van der Waals surface area contributed by atoms with Crippen LogP contribution in [0.15, 0.2) is 42.7 Å². The smallest absolute Gasteiger partial charge is 0.225 e. The minimum atomic E-state index is -0.0568. The number of carbonyl (C=O) groups is 1. The van der Waals surface area contributed by atoms with E-state index in [9.17, 15) is 9.18 Å². The number of fused-ring (bicyclic) bond motifs is 7. The van der Waals surface area contributed by atoms with Crippen LogP contribution in [0.1, 0.15) is 73.2 Å². The first-order chi connectivity index (χ1) is 19.0. The van der Waals surface area contributed by atoms with E-state index in [0.717, 1.165) is 69.7 Å². The van der Waals surface area contributed by atoms with E-state index in [1.54, 1.807) is 6.07 Å². The number of hydrogen-bond donors (Lipinski definition) is 2. The Hall–Kier alpha value is -3.26. The van der Waals surface area contributed by atoms with Gasteiger partial charge in [-0.05, 0) is 90.7 Å². The van der Waals surface area contributed by atoms with E-state index in [1.807, 2.05) is 24.4 Å². The molecule has 0 spiro atoms. The number of anilines is 2. The van der Waals surface area contributed by atoms with Crippen molar-refractivity contribution in [2.24, 2.45) is 11.8 Å². The summed E-state index contributed by atoms with van der Waals surface area (Å²) in [5.41, 5.74) is 5.62. The summed E-state index contributed by atoms with van der Waals surface area (Å²) in [5, 5.41) is 10.9. The lowest BCUT2D eigenvalue weighted by Gasteiger charge is -2.50. The molecule has 3 aliphatic carbocycles. The largest absolute Gasteiger partial charge is 0.378 e. The Labute approximate surface area is 228 Å². The van der Waals surface area contributed by atoms with E-state index in [2.05, 4.69) is 39.5 Å². The molecular weight excluding hydrogens is 493 g/mol. The van der Waals surface area contributed by atoms with Gasteiger partial charge in [-0.2, -0.15) is 5.10 Å². The summed E-state index contributed by atoms with van der Waals surface area (Å²) >= 11 is 0. The van der Waals surface area contributed by atoms with E-state index < -0.39 is 0 Å². The minimum Gasteiger partial charge on any atom is -0.378 e. The summed E-state index contributed by atoms with van der Waals surface area (Å²) in [6.45, 7) is 5.53. The molecular formula is C31H36FN5O2. The molecule has 2 fully saturated rings. The van der Waals surface area contributed by atoms with Crippen LogP contribution in [0.3, 0.4) is 0 Å². The molecule has 0 radical (unpaired) electrons. The maximum Gasteiger partial charge on any atom is 0.225 e. The third-order valence-electron chi connectivity index (χ3n) is 10.1. The van der Waals surface area contributed by atoms with Crippen LogP contribution < -0.4 is 10.2 Å². The van der Waals surface area contributed by atoms with Gasteiger partial charge in [-0.15, -0.1) is 0 Å². The van der Waals surface area contributed by atoms with Crippen LogP contribution in [0.25, 0.3) is 0 Å². The number of hydrogen-bond acceptors (Lipinski definition) is 5. The highest BCUT2D eigenvalue weighted by atomic mass is 19.1. The second-order valence-electron chi connectivity index (χ2n) is 12.0. The lowest BCUT2D eigenvalue weighted by atomic mass is 9.53. The first-order valence-electron chi connectivity index (χ1n) is 14.4. The third-order valence-corrected chi connectivity index (χ3v) is 10.1. The van der Waals surface area contributed by atoms with Gasteiger partial charge in [-0.3, -0.25) is 9.89 Å². The number of carbonyl (C=O) groups excluding carboxylic acids is 1. The second-order valence-corrected chi connectivity index (χ2v) is 12.0. The van der Waals surface area contributed by atoms with Crippen LogP contribution >= 0.6 is 0 Å². The summed E-state index contributed by atoms with van der Waals surface area (Å²) < 4.78 is 20.1. The minimum absolute atomic E-state index is 0.0105. The predicted molar refractivity (Wildman–Crippen MR) is 147 cm³/mol. The molecule has 204 valence electrons. The Balaban J connectivity index is 1.07. The molecule has 1 saturated heterocycles. The number of benzene rings is 1. The van der Waals surface area contributed by atoms with Gasteiger partial charge in [0.1, 0.15) is 11.6 Å². The molecule has 2 aromatic heterocycles. The van der Waals surface area contributed by atoms with Gasteiger partial charge in [-0.25, -0.2) is 9.37 Å². The molecule has 2 N–H and O–H groups in total. The van der Waals surface area contributed by atoms with E-state index in [0.29, 0.717) is 30.0 Å². The number of amides is 1. The predicted octanol–water partition coefficient (Wildman–Crippen LogP) is 5.31. The molecule has 7 rings (SSSR count). The zero-order valence-electron chi connectivity index (χ0n) is 22.5. The van der Waals surface area contributed by atoms with Crippen molar-refractivity contribution in [3.8, 4) is 0 Å². The first kappa shape index (κ1) is 24.8. The van der Waals surface area contributed by atoms with Gasteiger partial charge in [0, 0.05) is 31.1 Å². The average Bonchev–Trinajstić information content (AvgIpc) is 3.54. The SMILES string of the molecule is C[C@]12CCC3c4cccc(F)c4CCC3C1[C@H](CCC(=O)Nc1ccc(N3CCOCC3)cn1)c1c[nH]nc12. The van der Waals surface area contributed by atoms with Crippen molar-refractivity contribution < 1.29 is 13.9 Å². The fourth-order valence-electron chi connectivity index (χ4n) is 8.37. The number of morpholine rings is 1. The molecule has 1 aromatic carbocycles. The number of halogens is 1. The van der Waals surface area contributed by atoms with Crippen LogP contribution in [-0.2, 0) is 21.4 Å². The molecule has 1 amide bonds. The van der Waals surface area contributed by atoms with Gasteiger partial charge in [0.15, 0.2) is 0 Å². The van der Waals surface area contributed by atoms with Crippen LogP contribution in [0.5, 0.6) is 0 Å². The highest BCUT2D eigenvalue weighted by Gasteiger charge is 2.58. The number of rotatable bonds is 5. The van der Waals surface area contributed by atoms with Gasteiger partial charge in [0.25, 0.3) is 0 Å². The summed E-state index contributed by atoms with van der Waals surface area (Å²) in [6, 6.07) is 9.51. The van der Waals surface area contributed by atoms with Crippen LogP contribution in [0.2, 0.25) is 0 Å². The maximum atomic E-state index is 14.6. The highest BCUT2D eigenvalue weighted by Crippen LogP contribution is 2.64. The van der Waals surface area contributed by atoms with Crippen molar-refractivity contribution in [2.45, 2.75) is 62.7 Å². The van der Waals surface area contributed by atoms with Crippen molar-refractivity contribution in [3.63, 3.8) is 0 Å². The standard InChI is InChI=1S/C31H36FN5O2/c1-31-12-11-21-20-3-2-4-26(32)22(20)6-7-23(21)29(31)24(25-18-34-36-30(25)31)8-10-28(38)35-27-9-5-19(17-33-27)37-13-15-39-16-14-37/h2-5,9,17-18,21,23-24,29H,6-8,10-16H2,1H3,(H,34,36)(H,33,35,38)/t21?,23?,24-,29?,31+/m1/s1. The molecule has 3 aromatic rings. The van der Waals surface area contributed by atoms with Gasteiger partial charge < -0.3 is 15.0 Å². The summed E-state index contributed by atoms with van der Waals surface area (Å²) in [7, 11) is 0. The number of H-pyrrole nitrogens is 1. The fraction of sp³-hybridized carbons (Fsp3) is 0.516. The van der Waals surface area contributed by atoms with Crippen molar-refractivity contribution >= 4 is 17.4 Å². The molecule has 3 unspecified atom stereocenters. The Morgan fingerprint density at radius 1 is 1.21 bits per heavy atom. The monoisotopic (exact) mass is 529 g/mol. The summed E-state index contributed by atoms with van der Waals surface area (Å²) in [5.74, 6) is 2.02. The number of ether oxygens (including phenoxy) is 1. The quantitative estimate of drug-likeness (QED) is 0.468. The van der Waals surface area contributed by atoms with Gasteiger partial charge in [0.05, 0.1) is 30.8 Å². The number of pyridine rings is 1. The molecule has 7 nitrogen and oxygen atoms in total. The molecule has 1 saturated carbocycles. The van der Waals surface area contributed by atoms with Crippen molar-refractivity contribution in [3.05, 3.63) is 70.9 Å². The highest BCUT2D eigenvalue weighted by molar-refractivity contribution is 5.89. The average molecular weight is 530 g/mol. The van der Waals surface area contributed by atoms with Gasteiger partial charge in [-0.1, -0.05) is 19.1 Å². The normalized spacial score (nSPS) is 29.2. The van der Waals surface area contributed by atoms with E-state index in [1.165, 1.54) is 16.8 Å². The van der Waals surface area contributed by atoms with Crippen LogP contribution in [0, 0.1) is 17.7 Å². The number of aromatic amines is 1. The molecule has 4 aliphatic rings. The van der Waals surface area contributed by atoms with Crippen LogP contribution in [-0.4, -0.2) is 47.4 Å². The lowest BCUT2D eigenvalue weighted by molar-refractivity contribution is -0.116. The molecule has 1 aliphatic heterocycles. The molecule has 5 atom stereocenters. The number of nitrogens with zero attached hydrogens (tertiary/aromatic N) is 3. The maximum absolute atomic E-state index is 14.6. The fourth-order valence-corrected chi connectivity index (χ4v) is 8.37. The van der Waals surface area contributed by atoms with Gasteiger partial charge in [0.2, 0.25) is 5.91 Å². The molecule has 39 heavy (non-hydrogen) atoms. The summed E-state index contributed by atoms with van der Waals surface area (Å²) in [6.07, 6.45) is 8.95. The van der Waals surface area contributed by atoms with Crippen molar-refractivity contribution in [2.75, 3.05) is 36.5 Å². The Morgan fingerprint density at radius 2 is 2.08 bits per heavy atom. The number of aromatic nitrogens is 3. The Kier molecular flexibility index (Phi) is 6.18. The van der Waals surface area contributed by atoms with E-state index >= 15 is 0 Å². The van der Waals surface area contributed by atoms with Crippen molar-refractivity contribution in [1.82, 2.24) is 15.2 Å².